The Hall–Kier alpha value is -0.350. The van der Waals surface area contributed by atoms with Crippen molar-refractivity contribution < 1.29 is 5.11 Å². The van der Waals surface area contributed by atoms with Gasteiger partial charge in [-0.05, 0) is 13.0 Å². The Labute approximate surface area is 86.5 Å². The molecule has 3 nitrogen and oxygen atoms in total. The lowest BCUT2D eigenvalue weighted by molar-refractivity contribution is 0.162. The first-order chi connectivity index (χ1) is 6.02. The van der Waals surface area contributed by atoms with Crippen molar-refractivity contribution in [3.05, 3.63) is 28.0 Å². The van der Waals surface area contributed by atoms with Gasteiger partial charge in [-0.1, -0.05) is 23.2 Å². The molecule has 0 unspecified atom stereocenters. The fourth-order valence-corrected chi connectivity index (χ4v) is 1.40. The number of halogens is 2. The highest BCUT2D eigenvalue weighted by molar-refractivity contribution is 6.34. The van der Waals surface area contributed by atoms with Crippen LogP contribution in [0, 0.1) is 0 Å². The van der Waals surface area contributed by atoms with Gasteiger partial charge >= 0.3 is 0 Å². The lowest BCUT2D eigenvalue weighted by Crippen LogP contribution is -2.24. The number of aromatic nitrogens is 1. The number of aliphatic hydroxyl groups is 1. The Morgan fingerprint density at radius 1 is 1.54 bits per heavy atom. The number of hydrogen-bond acceptors (Lipinski definition) is 3. The zero-order valence-electron chi connectivity index (χ0n) is 7.04. The quantitative estimate of drug-likeness (QED) is 0.799. The molecule has 0 fully saturated rings. The first-order valence-corrected chi connectivity index (χ1v) is 4.52. The molecule has 1 aromatic heterocycles. The van der Waals surface area contributed by atoms with E-state index in [0.29, 0.717) is 15.7 Å². The molecule has 0 aliphatic carbocycles. The SMILES string of the molecule is C[C@H](O)[C@H](N)c1ncc(Cl)cc1Cl. The molecule has 0 saturated heterocycles. The van der Waals surface area contributed by atoms with Crippen molar-refractivity contribution in [1.82, 2.24) is 4.98 Å². The van der Waals surface area contributed by atoms with Crippen LogP contribution in [0.3, 0.4) is 0 Å². The summed E-state index contributed by atoms with van der Waals surface area (Å²) in [7, 11) is 0. The molecule has 0 aliphatic rings. The second-order valence-electron chi connectivity index (χ2n) is 2.79. The van der Waals surface area contributed by atoms with Crippen molar-refractivity contribution in [1.29, 1.82) is 0 Å². The van der Waals surface area contributed by atoms with Gasteiger partial charge in [-0.25, -0.2) is 0 Å². The van der Waals surface area contributed by atoms with Crippen LogP contribution in [0.5, 0.6) is 0 Å². The largest absolute Gasteiger partial charge is 0.391 e. The van der Waals surface area contributed by atoms with Gasteiger partial charge in [0.1, 0.15) is 0 Å². The Morgan fingerprint density at radius 3 is 2.62 bits per heavy atom. The molecule has 0 radical (unpaired) electrons. The van der Waals surface area contributed by atoms with E-state index in [1.54, 1.807) is 13.0 Å². The van der Waals surface area contributed by atoms with Crippen LogP contribution in [0.25, 0.3) is 0 Å². The fraction of sp³-hybridized carbons (Fsp3) is 0.375. The summed E-state index contributed by atoms with van der Waals surface area (Å²) >= 11 is 11.5. The molecule has 1 aromatic rings. The molecule has 13 heavy (non-hydrogen) atoms. The standard InChI is InChI=1S/C8H10Cl2N2O/c1-4(13)7(11)8-6(10)2-5(9)3-12-8/h2-4,7,13H,11H2,1H3/t4-,7-/m0/s1. The normalized spacial score (nSPS) is 15.5. The van der Waals surface area contributed by atoms with Crippen molar-refractivity contribution in [3.63, 3.8) is 0 Å². The molecule has 0 aromatic carbocycles. The number of nitrogens with two attached hydrogens (primary N) is 1. The van der Waals surface area contributed by atoms with E-state index in [-0.39, 0.29) is 0 Å². The molecule has 1 heterocycles. The summed E-state index contributed by atoms with van der Waals surface area (Å²) in [6.45, 7) is 1.58. The molecule has 72 valence electrons. The van der Waals surface area contributed by atoms with Crippen molar-refractivity contribution in [2.45, 2.75) is 19.1 Å². The first-order valence-electron chi connectivity index (χ1n) is 3.77. The Balaban J connectivity index is 3.01. The van der Waals surface area contributed by atoms with E-state index in [1.807, 2.05) is 0 Å². The molecule has 0 spiro atoms. The van der Waals surface area contributed by atoms with Crippen LogP contribution in [0.4, 0.5) is 0 Å². The summed E-state index contributed by atoms with van der Waals surface area (Å²) in [5.74, 6) is 0. The van der Waals surface area contributed by atoms with Crippen LogP contribution in [0.2, 0.25) is 10.0 Å². The second kappa shape index (κ2) is 4.24. The Morgan fingerprint density at radius 2 is 2.15 bits per heavy atom. The molecular formula is C8H10Cl2N2O. The average molecular weight is 221 g/mol. The maximum absolute atomic E-state index is 9.21. The smallest absolute Gasteiger partial charge is 0.0784 e. The van der Waals surface area contributed by atoms with Crippen LogP contribution in [0.15, 0.2) is 12.3 Å². The summed E-state index contributed by atoms with van der Waals surface area (Å²) in [4.78, 5) is 3.95. The lowest BCUT2D eigenvalue weighted by atomic mass is 10.1. The highest BCUT2D eigenvalue weighted by Gasteiger charge is 2.16. The highest BCUT2D eigenvalue weighted by atomic mass is 35.5. The third-order valence-corrected chi connectivity index (χ3v) is 2.18. The highest BCUT2D eigenvalue weighted by Crippen LogP contribution is 2.23. The summed E-state index contributed by atoms with van der Waals surface area (Å²) in [5, 5.41) is 10.0. The van der Waals surface area contributed by atoms with Gasteiger partial charge in [0.2, 0.25) is 0 Å². The summed E-state index contributed by atoms with van der Waals surface area (Å²) in [6.07, 6.45) is 0.761. The van der Waals surface area contributed by atoms with Crippen LogP contribution in [-0.2, 0) is 0 Å². The van der Waals surface area contributed by atoms with Crippen LogP contribution in [-0.4, -0.2) is 16.2 Å². The zero-order valence-corrected chi connectivity index (χ0v) is 8.55. The average Bonchev–Trinajstić information content (AvgIpc) is 2.03. The van der Waals surface area contributed by atoms with Crippen molar-refractivity contribution >= 4 is 23.2 Å². The molecular weight excluding hydrogens is 211 g/mol. The maximum atomic E-state index is 9.21. The second-order valence-corrected chi connectivity index (χ2v) is 3.63. The van der Waals surface area contributed by atoms with Crippen molar-refractivity contribution in [3.8, 4) is 0 Å². The van der Waals surface area contributed by atoms with Gasteiger partial charge in [0, 0.05) is 6.20 Å². The van der Waals surface area contributed by atoms with Crippen molar-refractivity contribution in [2.75, 3.05) is 0 Å². The summed E-state index contributed by atoms with van der Waals surface area (Å²) in [6, 6.07) is 0.970. The van der Waals surface area contributed by atoms with Gasteiger partial charge in [0.25, 0.3) is 0 Å². The zero-order chi connectivity index (χ0) is 10.0. The molecule has 0 saturated carbocycles. The molecule has 0 amide bonds. The number of aliphatic hydroxyl groups excluding tert-OH is 1. The summed E-state index contributed by atoms with van der Waals surface area (Å²) in [5.41, 5.74) is 6.11. The van der Waals surface area contributed by atoms with Gasteiger partial charge < -0.3 is 10.8 Å². The molecule has 2 atom stereocenters. The molecule has 5 heteroatoms. The monoisotopic (exact) mass is 220 g/mol. The summed E-state index contributed by atoms with van der Waals surface area (Å²) < 4.78 is 0. The van der Waals surface area contributed by atoms with Gasteiger partial charge in [0.15, 0.2) is 0 Å². The molecule has 3 N–H and O–H groups in total. The van der Waals surface area contributed by atoms with Gasteiger partial charge in [-0.2, -0.15) is 0 Å². The van der Waals surface area contributed by atoms with E-state index in [4.69, 9.17) is 28.9 Å². The van der Waals surface area contributed by atoms with E-state index in [9.17, 15) is 5.11 Å². The molecule has 0 aliphatic heterocycles. The van der Waals surface area contributed by atoms with Crippen LogP contribution < -0.4 is 5.73 Å². The van der Waals surface area contributed by atoms with Gasteiger partial charge in [0.05, 0.1) is 27.9 Å². The molecule has 0 bridgehead atoms. The van der Waals surface area contributed by atoms with Crippen molar-refractivity contribution in [2.24, 2.45) is 5.73 Å². The lowest BCUT2D eigenvalue weighted by Gasteiger charge is -2.15. The fourth-order valence-electron chi connectivity index (χ4n) is 0.899. The van der Waals surface area contributed by atoms with E-state index in [1.165, 1.54) is 6.20 Å². The maximum Gasteiger partial charge on any atom is 0.0784 e. The number of hydrogen-bond donors (Lipinski definition) is 2. The minimum absolute atomic E-state index is 0.376. The number of nitrogens with zero attached hydrogens (tertiary/aromatic N) is 1. The molecule has 1 rings (SSSR count). The third kappa shape index (κ3) is 2.54. The minimum atomic E-state index is -0.689. The van der Waals surface area contributed by atoms with Crippen LogP contribution in [0.1, 0.15) is 18.7 Å². The third-order valence-electron chi connectivity index (χ3n) is 1.67. The van der Waals surface area contributed by atoms with E-state index >= 15 is 0 Å². The number of rotatable bonds is 2. The first kappa shape index (κ1) is 10.7. The topological polar surface area (TPSA) is 59.1 Å². The predicted molar refractivity (Wildman–Crippen MR) is 52.9 cm³/mol. The van der Waals surface area contributed by atoms with Crippen LogP contribution >= 0.6 is 23.2 Å². The Kier molecular flexibility index (Phi) is 3.50. The van der Waals surface area contributed by atoms with E-state index in [2.05, 4.69) is 4.98 Å². The van der Waals surface area contributed by atoms with E-state index in [0.717, 1.165) is 0 Å². The van der Waals surface area contributed by atoms with Gasteiger partial charge in [-0.15, -0.1) is 0 Å². The minimum Gasteiger partial charge on any atom is -0.391 e. The van der Waals surface area contributed by atoms with E-state index < -0.39 is 12.1 Å². The van der Waals surface area contributed by atoms with Gasteiger partial charge in [-0.3, -0.25) is 4.98 Å². The Bertz CT molecular complexity index is 304. The predicted octanol–water partition coefficient (Wildman–Crippen LogP) is 1.77. The number of pyridine rings is 1.